The van der Waals surface area contributed by atoms with Gasteiger partial charge in [0.05, 0.1) is 10.6 Å². The summed E-state index contributed by atoms with van der Waals surface area (Å²) < 4.78 is 26.9. The van der Waals surface area contributed by atoms with E-state index in [2.05, 4.69) is 6.92 Å². The summed E-state index contributed by atoms with van der Waals surface area (Å²) in [6, 6.07) is 6.01. The molecular weight excluding hydrogens is 316 g/mol. The van der Waals surface area contributed by atoms with E-state index in [-0.39, 0.29) is 29.6 Å². The van der Waals surface area contributed by atoms with E-state index in [0.29, 0.717) is 24.7 Å². The van der Waals surface area contributed by atoms with E-state index in [4.69, 9.17) is 0 Å². The maximum atomic E-state index is 12.7. The summed E-state index contributed by atoms with van der Waals surface area (Å²) in [6.07, 6.45) is 2.34. The maximum absolute atomic E-state index is 12.7. The fraction of sp³-hybridized carbons (Fsp3) is 0.500. The van der Waals surface area contributed by atoms with Crippen molar-refractivity contribution in [2.45, 2.75) is 37.5 Å². The van der Waals surface area contributed by atoms with E-state index in [1.54, 1.807) is 0 Å². The molecule has 3 rings (SSSR count). The number of amides is 2. The van der Waals surface area contributed by atoms with Crippen LogP contribution in [0.3, 0.4) is 0 Å². The van der Waals surface area contributed by atoms with Crippen LogP contribution in [0.1, 0.15) is 32.6 Å². The van der Waals surface area contributed by atoms with Gasteiger partial charge in [-0.2, -0.15) is 4.31 Å². The SMILES string of the molecule is C[C@H]1CCCN(S(=O)(=O)c2ccc(N3C(=O)CCC3=O)cc2)C1. The van der Waals surface area contributed by atoms with Crippen molar-refractivity contribution < 1.29 is 18.0 Å². The number of rotatable bonds is 3. The number of carbonyl (C=O) groups excluding carboxylic acids is 2. The molecule has 0 N–H and O–H groups in total. The van der Waals surface area contributed by atoms with Gasteiger partial charge in [0.2, 0.25) is 21.8 Å². The van der Waals surface area contributed by atoms with Gasteiger partial charge in [-0.1, -0.05) is 6.92 Å². The van der Waals surface area contributed by atoms with Crippen molar-refractivity contribution in [3.63, 3.8) is 0 Å². The summed E-state index contributed by atoms with van der Waals surface area (Å²) in [4.78, 5) is 24.8. The maximum Gasteiger partial charge on any atom is 0.243 e. The minimum atomic E-state index is -3.52. The highest BCUT2D eigenvalue weighted by Gasteiger charge is 2.32. The van der Waals surface area contributed by atoms with Crippen LogP contribution in [0.15, 0.2) is 29.2 Å². The van der Waals surface area contributed by atoms with Crippen molar-refractivity contribution >= 4 is 27.5 Å². The molecule has 1 aromatic rings. The number of carbonyl (C=O) groups is 2. The monoisotopic (exact) mass is 336 g/mol. The zero-order valence-electron chi connectivity index (χ0n) is 13.1. The van der Waals surface area contributed by atoms with E-state index in [1.807, 2.05) is 0 Å². The van der Waals surface area contributed by atoms with Gasteiger partial charge in [-0.15, -0.1) is 0 Å². The van der Waals surface area contributed by atoms with Gasteiger partial charge in [-0.05, 0) is 43.0 Å². The molecule has 2 saturated heterocycles. The van der Waals surface area contributed by atoms with Crippen LogP contribution in [0.2, 0.25) is 0 Å². The van der Waals surface area contributed by atoms with Gasteiger partial charge >= 0.3 is 0 Å². The third-order valence-electron chi connectivity index (χ3n) is 4.40. The molecule has 0 aromatic heterocycles. The second-order valence-electron chi connectivity index (χ2n) is 6.23. The molecule has 2 amide bonds. The highest BCUT2D eigenvalue weighted by atomic mass is 32.2. The number of nitrogens with zero attached hydrogens (tertiary/aromatic N) is 2. The predicted molar refractivity (Wildman–Crippen MR) is 85.3 cm³/mol. The Balaban J connectivity index is 1.84. The minimum absolute atomic E-state index is 0.203. The average molecular weight is 336 g/mol. The third kappa shape index (κ3) is 3.03. The Bertz CT molecular complexity index is 711. The van der Waals surface area contributed by atoms with Gasteiger partial charge in [0.15, 0.2) is 0 Å². The first-order valence-corrected chi connectivity index (χ1v) is 9.29. The van der Waals surface area contributed by atoms with Crippen molar-refractivity contribution in [1.82, 2.24) is 4.31 Å². The highest BCUT2D eigenvalue weighted by Crippen LogP contribution is 2.27. The average Bonchev–Trinajstić information content (AvgIpc) is 2.86. The molecule has 2 fully saturated rings. The number of piperidine rings is 1. The molecule has 1 aromatic carbocycles. The van der Waals surface area contributed by atoms with E-state index in [9.17, 15) is 18.0 Å². The van der Waals surface area contributed by atoms with Gasteiger partial charge in [0, 0.05) is 25.9 Å². The second kappa shape index (κ2) is 6.05. The number of hydrogen-bond donors (Lipinski definition) is 0. The van der Waals surface area contributed by atoms with Gasteiger partial charge in [-0.25, -0.2) is 8.42 Å². The molecular formula is C16H20N2O4S. The lowest BCUT2D eigenvalue weighted by Crippen LogP contribution is -2.39. The molecule has 6 nitrogen and oxygen atoms in total. The van der Waals surface area contributed by atoms with Crippen molar-refractivity contribution in [1.29, 1.82) is 0 Å². The Hall–Kier alpha value is -1.73. The molecule has 0 unspecified atom stereocenters. The Morgan fingerprint density at radius 2 is 1.65 bits per heavy atom. The summed E-state index contributed by atoms with van der Waals surface area (Å²) in [5.74, 6) is -0.122. The lowest BCUT2D eigenvalue weighted by Gasteiger charge is -2.30. The molecule has 124 valence electrons. The summed E-state index contributed by atoms with van der Waals surface area (Å²) in [5.41, 5.74) is 0.434. The summed E-state index contributed by atoms with van der Waals surface area (Å²) >= 11 is 0. The van der Waals surface area contributed by atoms with Crippen LogP contribution in [-0.4, -0.2) is 37.6 Å². The molecule has 2 aliphatic rings. The Morgan fingerprint density at radius 3 is 2.22 bits per heavy atom. The zero-order chi connectivity index (χ0) is 16.6. The van der Waals surface area contributed by atoms with E-state index in [0.717, 1.165) is 17.7 Å². The molecule has 1 atom stereocenters. The molecule has 2 aliphatic heterocycles. The van der Waals surface area contributed by atoms with E-state index < -0.39 is 10.0 Å². The lowest BCUT2D eigenvalue weighted by atomic mass is 10.0. The number of anilines is 1. The Labute approximate surface area is 136 Å². The van der Waals surface area contributed by atoms with Crippen LogP contribution < -0.4 is 4.90 Å². The normalized spacial score (nSPS) is 23.5. The Morgan fingerprint density at radius 1 is 1.04 bits per heavy atom. The molecule has 23 heavy (non-hydrogen) atoms. The molecule has 0 spiro atoms. The number of imide groups is 1. The quantitative estimate of drug-likeness (QED) is 0.788. The topological polar surface area (TPSA) is 74.8 Å². The van der Waals surface area contributed by atoms with Crippen LogP contribution in [-0.2, 0) is 19.6 Å². The molecule has 7 heteroatoms. The largest absolute Gasteiger partial charge is 0.274 e. The smallest absolute Gasteiger partial charge is 0.243 e. The molecule has 0 radical (unpaired) electrons. The second-order valence-corrected chi connectivity index (χ2v) is 8.17. The third-order valence-corrected chi connectivity index (χ3v) is 6.28. The van der Waals surface area contributed by atoms with Crippen LogP contribution in [0, 0.1) is 5.92 Å². The van der Waals surface area contributed by atoms with Crippen LogP contribution in [0.5, 0.6) is 0 Å². The number of hydrogen-bond acceptors (Lipinski definition) is 4. The van der Waals surface area contributed by atoms with Crippen molar-refractivity contribution in [2.75, 3.05) is 18.0 Å². The Kier molecular flexibility index (Phi) is 4.25. The predicted octanol–water partition coefficient (Wildman–Crippen LogP) is 1.76. The van der Waals surface area contributed by atoms with Crippen molar-refractivity contribution in [3.05, 3.63) is 24.3 Å². The molecule has 0 saturated carbocycles. The summed E-state index contributed by atoms with van der Waals surface area (Å²) in [7, 11) is -3.52. The fourth-order valence-corrected chi connectivity index (χ4v) is 4.74. The van der Waals surface area contributed by atoms with Crippen molar-refractivity contribution in [2.24, 2.45) is 5.92 Å². The first-order valence-electron chi connectivity index (χ1n) is 7.85. The van der Waals surface area contributed by atoms with Gasteiger partial charge in [-0.3, -0.25) is 14.5 Å². The highest BCUT2D eigenvalue weighted by molar-refractivity contribution is 7.89. The molecule has 0 aliphatic carbocycles. The standard InChI is InChI=1S/C16H20N2O4S/c1-12-3-2-10-17(11-12)23(21,22)14-6-4-13(5-7-14)18-15(19)8-9-16(18)20/h4-7,12H,2-3,8-11H2,1H3/t12-/m0/s1. The number of sulfonamides is 1. The molecule has 0 bridgehead atoms. The van der Waals surface area contributed by atoms with Crippen LogP contribution in [0.4, 0.5) is 5.69 Å². The van der Waals surface area contributed by atoms with Gasteiger partial charge in [0.25, 0.3) is 0 Å². The minimum Gasteiger partial charge on any atom is -0.274 e. The summed E-state index contributed by atoms with van der Waals surface area (Å²) in [5, 5.41) is 0. The summed E-state index contributed by atoms with van der Waals surface area (Å²) in [6.45, 7) is 3.13. The van der Waals surface area contributed by atoms with E-state index in [1.165, 1.54) is 28.6 Å². The van der Waals surface area contributed by atoms with E-state index >= 15 is 0 Å². The van der Waals surface area contributed by atoms with Crippen LogP contribution >= 0.6 is 0 Å². The van der Waals surface area contributed by atoms with Gasteiger partial charge < -0.3 is 0 Å². The fourth-order valence-electron chi connectivity index (χ4n) is 3.15. The van der Waals surface area contributed by atoms with Gasteiger partial charge in [0.1, 0.15) is 0 Å². The lowest BCUT2D eigenvalue weighted by molar-refractivity contribution is -0.121. The van der Waals surface area contributed by atoms with Crippen LogP contribution in [0.25, 0.3) is 0 Å². The zero-order valence-corrected chi connectivity index (χ0v) is 13.9. The first-order chi connectivity index (χ1) is 10.9. The first kappa shape index (κ1) is 16.1. The van der Waals surface area contributed by atoms with Crippen molar-refractivity contribution in [3.8, 4) is 0 Å². The molecule has 2 heterocycles. The number of benzene rings is 1.